The summed E-state index contributed by atoms with van der Waals surface area (Å²) in [5.74, 6) is 2.59. The van der Waals surface area contributed by atoms with E-state index in [1.165, 1.54) is 31.2 Å². The Morgan fingerprint density at radius 3 is 2.80 bits per heavy atom. The van der Waals surface area contributed by atoms with E-state index in [4.69, 9.17) is 15.2 Å². The van der Waals surface area contributed by atoms with Crippen molar-refractivity contribution in [1.29, 1.82) is 0 Å². The van der Waals surface area contributed by atoms with Gasteiger partial charge in [0.1, 0.15) is 16.8 Å². The average Bonchev–Trinajstić information content (AvgIpc) is 3.56. The Kier molecular flexibility index (Phi) is 5.98. The smallest absolute Gasteiger partial charge is 0.222 e. The number of nitrogens with one attached hydrogen (secondary N) is 2. The van der Waals surface area contributed by atoms with Crippen molar-refractivity contribution in [2.45, 2.75) is 57.7 Å². The number of benzene rings is 1. The van der Waals surface area contributed by atoms with E-state index in [-0.39, 0.29) is 5.95 Å². The highest BCUT2D eigenvalue weighted by Gasteiger charge is 2.52. The summed E-state index contributed by atoms with van der Waals surface area (Å²) in [7, 11) is 1.71. The second kappa shape index (κ2) is 9.28. The topological polar surface area (TPSA) is 112 Å². The number of nitrogen functional groups attached to an aromatic ring is 1. The summed E-state index contributed by atoms with van der Waals surface area (Å²) in [5.41, 5.74) is 10.6. The molecule has 0 bridgehead atoms. The molecule has 2 saturated carbocycles. The quantitative estimate of drug-likeness (QED) is 0.430. The minimum absolute atomic E-state index is 0.269. The lowest BCUT2D eigenvalue weighted by Gasteiger charge is -2.36. The fourth-order valence-electron chi connectivity index (χ4n) is 5.79. The van der Waals surface area contributed by atoms with E-state index in [2.05, 4.69) is 37.8 Å². The number of nitrogens with zero attached hydrogens (tertiary/aromatic N) is 4. The number of ether oxygens (including phenoxy) is 2. The second-order valence-corrected chi connectivity index (χ2v) is 10.5. The molecule has 9 nitrogen and oxygen atoms in total. The van der Waals surface area contributed by atoms with Crippen LogP contribution in [0.15, 0.2) is 24.4 Å². The van der Waals surface area contributed by atoms with Crippen LogP contribution >= 0.6 is 0 Å². The van der Waals surface area contributed by atoms with Crippen LogP contribution in [0.5, 0.6) is 5.75 Å². The molecule has 186 valence electrons. The lowest BCUT2D eigenvalue weighted by atomic mass is 9.72. The summed E-state index contributed by atoms with van der Waals surface area (Å²) < 4.78 is 13.1. The zero-order valence-electron chi connectivity index (χ0n) is 20.4. The molecule has 1 saturated heterocycles. The summed E-state index contributed by atoms with van der Waals surface area (Å²) in [5, 5.41) is 11.9. The molecule has 2 aliphatic carbocycles. The Balaban J connectivity index is 1.21. The van der Waals surface area contributed by atoms with Crippen molar-refractivity contribution in [3.63, 3.8) is 0 Å². The zero-order valence-corrected chi connectivity index (χ0v) is 20.4. The van der Waals surface area contributed by atoms with E-state index in [0.717, 1.165) is 67.3 Å². The number of methoxy groups -OCH3 is 1. The fraction of sp³-hybridized carbons (Fsp3) is 0.577. The van der Waals surface area contributed by atoms with Crippen LogP contribution in [0.3, 0.4) is 0 Å². The SMILES string of the molecule is COc1ccc(CNC2CCOCC2)cc1Cn1ncc2nc(N)nc(NCC3CC4(CC4)C3)c21. The Morgan fingerprint density at radius 1 is 1.20 bits per heavy atom. The van der Waals surface area contributed by atoms with Crippen LogP contribution in [0.2, 0.25) is 0 Å². The van der Waals surface area contributed by atoms with Gasteiger partial charge >= 0.3 is 0 Å². The zero-order chi connectivity index (χ0) is 23.8. The van der Waals surface area contributed by atoms with Crippen LogP contribution in [0, 0.1) is 11.3 Å². The molecule has 1 spiro atoms. The van der Waals surface area contributed by atoms with Crippen LogP contribution in [0.25, 0.3) is 11.0 Å². The molecule has 1 aromatic carbocycles. The first-order chi connectivity index (χ1) is 17.1. The molecule has 9 heteroatoms. The minimum Gasteiger partial charge on any atom is -0.496 e. The number of anilines is 2. The predicted octanol–water partition coefficient (Wildman–Crippen LogP) is 3.34. The van der Waals surface area contributed by atoms with Crippen LogP contribution in [-0.2, 0) is 17.8 Å². The third-order valence-corrected chi connectivity index (χ3v) is 7.95. The van der Waals surface area contributed by atoms with Gasteiger partial charge in [-0.1, -0.05) is 6.07 Å². The summed E-state index contributed by atoms with van der Waals surface area (Å²) in [4.78, 5) is 8.97. The van der Waals surface area contributed by atoms with Crippen molar-refractivity contribution in [3.8, 4) is 5.75 Å². The molecule has 3 aromatic rings. The van der Waals surface area contributed by atoms with Crippen LogP contribution in [0.1, 0.15) is 49.7 Å². The lowest BCUT2D eigenvalue weighted by molar-refractivity contribution is 0.0776. The maximum atomic E-state index is 6.02. The van der Waals surface area contributed by atoms with Crippen molar-refractivity contribution in [2.75, 3.05) is 37.9 Å². The Labute approximate surface area is 205 Å². The van der Waals surface area contributed by atoms with E-state index >= 15 is 0 Å². The predicted molar refractivity (Wildman–Crippen MR) is 135 cm³/mol. The molecule has 0 amide bonds. The first-order valence-electron chi connectivity index (χ1n) is 12.8. The molecule has 35 heavy (non-hydrogen) atoms. The molecule has 3 heterocycles. The second-order valence-electron chi connectivity index (χ2n) is 10.5. The third kappa shape index (κ3) is 4.79. The molecular weight excluding hydrogens is 442 g/mol. The number of nitrogens with two attached hydrogens (primary N) is 1. The standard InChI is InChI=1S/C26H35N7O2/c1-34-22-3-2-17(13-28-20-4-8-35-9-5-20)10-19(22)16-33-23-21(15-30-33)31-25(27)32-24(23)29-14-18-11-26(12-18)6-7-26/h2-3,10,15,18,20,28H,4-9,11-14,16H2,1H3,(H3,27,29,31,32). The van der Waals surface area contributed by atoms with Crippen molar-refractivity contribution >= 4 is 22.8 Å². The fourth-order valence-corrected chi connectivity index (χ4v) is 5.79. The van der Waals surface area contributed by atoms with Crippen LogP contribution in [0.4, 0.5) is 11.8 Å². The molecule has 3 fully saturated rings. The highest BCUT2D eigenvalue weighted by atomic mass is 16.5. The number of aromatic nitrogens is 4. The highest BCUT2D eigenvalue weighted by Crippen LogP contribution is 2.63. The van der Waals surface area contributed by atoms with Crippen molar-refractivity contribution in [2.24, 2.45) is 11.3 Å². The van der Waals surface area contributed by atoms with Gasteiger partial charge in [-0.15, -0.1) is 0 Å². The van der Waals surface area contributed by atoms with Crippen molar-refractivity contribution in [3.05, 3.63) is 35.5 Å². The first-order valence-corrected chi connectivity index (χ1v) is 12.8. The van der Waals surface area contributed by atoms with Crippen LogP contribution in [-0.4, -0.2) is 52.7 Å². The summed E-state index contributed by atoms with van der Waals surface area (Å²) >= 11 is 0. The maximum Gasteiger partial charge on any atom is 0.222 e. The molecular formula is C26H35N7O2. The molecule has 0 atom stereocenters. The van der Waals surface area contributed by atoms with E-state index in [9.17, 15) is 0 Å². The van der Waals surface area contributed by atoms with Crippen molar-refractivity contribution < 1.29 is 9.47 Å². The molecule has 6 rings (SSSR count). The van der Waals surface area contributed by atoms with Gasteiger partial charge in [0.25, 0.3) is 0 Å². The van der Waals surface area contributed by atoms with Gasteiger partial charge in [-0.3, -0.25) is 4.68 Å². The molecule has 3 aliphatic rings. The summed E-state index contributed by atoms with van der Waals surface area (Å²) in [6.45, 7) is 3.96. The number of rotatable bonds is 9. The van der Waals surface area contributed by atoms with Gasteiger partial charge in [0.15, 0.2) is 5.82 Å². The third-order valence-electron chi connectivity index (χ3n) is 7.95. The summed E-state index contributed by atoms with van der Waals surface area (Å²) in [6.07, 6.45) is 9.36. The maximum absolute atomic E-state index is 6.02. The largest absolute Gasteiger partial charge is 0.496 e. The summed E-state index contributed by atoms with van der Waals surface area (Å²) in [6, 6.07) is 6.87. The van der Waals surface area contributed by atoms with Gasteiger partial charge in [0, 0.05) is 37.9 Å². The normalized spacial score (nSPS) is 19.7. The van der Waals surface area contributed by atoms with E-state index in [0.29, 0.717) is 23.9 Å². The first kappa shape index (κ1) is 22.5. The lowest BCUT2D eigenvalue weighted by Crippen LogP contribution is -2.34. The monoisotopic (exact) mass is 477 g/mol. The Bertz CT molecular complexity index is 1190. The minimum atomic E-state index is 0.269. The number of hydrogen-bond donors (Lipinski definition) is 3. The highest BCUT2D eigenvalue weighted by molar-refractivity contribution is 5.86. The number of fused-ring (bicyclic) bond motifs is 1. The van der Waals surface area contributed by atoms with E-state index in [1.807, 2.05) is 10.7 Å². The molecule has 4 N–H and O–H groups in total. The average molecular weight is 478 g/mol. The Morgan fingerprint density at radius 2 is 2.03 bits per heavy atom. The van der Waals surface area contributed by atoms with Crippen molar-refractivity contribution in [1.82, 2.24) is 25.1 Å². The van der Waals surface area contributed by atoms with Crippen LogP contribution < -0.4 is 21.1 Å². The van der Waals surface area contributed by atoms with E-state index in [1.54, 1.807) is 13.3 Å². The van der Waals surface area contributed by atoms with Gasteiger partial charge in [-0.25, -0.2) is 4.98 Å². The van der Waals surface area contributed by atoms with Gasteiger partial charge in [0.05, 0.1) is 19.9 Å². The Hall–Kier alpha value is -2.91. The van der Waals surface area contributed by atoms with E-state index < -0.39 is 0 Å². The van der Waals surface area contributed by atoms with Gasteiger partial charge < -0.3 is 25.8 Å². The molecule has 0 unspecified atom stereocenters. The van der Waals surface area contributed by atoms with Gasteiger partial charge in [-0.2, -0.15) is 10.1 Å². The number of hydrogen-bond acceptors (Lipinski definition) is 8. The van der Waals surface area contributed by atoms with Gasteiger partial charge in [-0.05, 0) is 67.6 Å². The van der Waals surface area contributed by atoms with Gasteiger partial charge in [0.2, 0.25) is 5.95 Å². The molecule has 1 aliphatic heterocycles. The molecule has 0 radical (unpaired) electrons. The molecule has 2 aromatic heterocycles.